The van der Waals surface area contributed by atoms with Gasteiger partial charge in [0.2, 0.25) is 0 Å². The molecule has 0 amide bonds. The SMILES string of the molecule is [Cr].[Cu].[Fe].[Zn]. The van der Waals surface area contributed by atoms with Gasteiger partial charge in [0.1, 0.15) is 0 Å². The Balaban J connectivity index is 0. The van der Waals surface area contributed by atoms with Gasteiger partial charge in [-0.2, -0.15) is 0 Å². The van der Waals surface area contributed by atoms with Gasteiger partial charge in [-0.1, -0.05) is 0 Å². The zero-order valence-corrected chi connectivity index (χ0v) is 8.06. The smallest absolute Gasteiger partial charge is 0 e. The van der Waals surface area contributed by atoms with E-state index in [0.717, 1.165) is 0 Å². The molecule has 0 saturated carbocycles. The Morgan fingerprint density at radius 2 is 1.00 bits per heavy atom. The molecule has 0 fully saturated rings. The van der Waals surface area contributed by atoms with Crippen LogP contribution in [0.3, 0.4) is 0 Å². The first-order valence-corrected chi connectivity index (χ1v) is 0. The molecule has 4 heteroatoms. The van der Waals surface area contributed by atoms with Crippen molar-refractivity contribution in [3.8, 4) is 0 Å². The molecule has 0 aliphatic rings. The van der Waals surface area contributed by atoms with Gasteiger partial charge in [0.05, 0.1) is 0 Å². The van der Waals surface area contributed by atoms with Crippen LogP contribution in [-0.4, -0.2) is 0 Å². The number of hydrogen-bond acceptors (Lipinski definition) is 0. The largest absolute Gasteiger partial charge is 0 e. The summed E-state index contributed by atoms with van der Waals surface area (Å²) in [5.41, 5.74) is 0. The van der Waals surface area contributed by atoms with Crippen molar-refractivity contribution in [3.63, 3.8) is 0 Å². The second kappa shape index (κ2) is 19.0. The molecule has 0 aromatic rings. The van der Waals surface area contributed by atoms with Gasteiger partial charge in [0, 0.05) is 71.0 Å². The van der Waals surface area contributed by atoms with Crippen LogP contribution in [0.2, 0.25) is 0 Å². The number of hydrogen-bond donors (Lipinski definition) is 0. The molecule has 0 nitrogen and oxygen atoms in total. The predicted octanol–water partition coefficient (Wildman–Crippen LogP) is -0.0100. The maximum atomic E-state index is 0. The standard InChI is InChI=1S/Cr.Cu.Fe.Zn. The second-order valence-corrected chi connectivity index (χ2v) is 0. The molecule has 4 heavy (non-hydrogen) atoms. The van der Waals surface area contributed by atoms with E-state index in [2.05, 4.69) is 0 Å². The summed E-state index contributed by atoms with van der Waals surface area (Å²) in [6.07, 6.45) is 0. The van der Waals surface area contributed by atoms with Crippen LogP contribution in [0.15, 0.2) is 0 Å². The Hall–Kier alpha value is 2.19. The molecular formula is CrCuFeZn. The summed E-state index contributed by atoms with van der Waals surface area (Å²) < 4.78 is 0. The van der Waals surface area contributed by atoms with E-state index in [-0.39, 0.29) is 71.0 Å². The molecule has 0 spiro atoms. The first-order valence-electron chi connectivity index (χ1n) is 0. The Morgan fingerprint density at radius 3 is 1.00 bits per heavy atom. The molecular weight excluding hydrogens is 237 g/mol. The maximum absolute atomic E-state index is 0. The van der Waals surface area contributed by atoms with Crippen molar-refractivity contribution in [2.45, 2.75) is 0 Å². The molecule has 0 aromatic carbocycles. The minimum absolute atomic E-state index is 0. The second-order valence-electron chi connectivity index (χ2n) is 0. The molecule has 0 rings (SSSR count). The third kappa shape index (κ3) is 8.89. The fourth-order valence-electron chi connectivity index (χ4n) is 0. The van der Waals surface area contributed by atoms with E-state index < -0.39 is 0 Å². The van der Waals surface area contributed by atoms with Crippen molar-refractivity contribution in [2.24, 2.45) is 0 Å². The van der Waals surface area contributed by atoms with E-state index in [4.69, 9.17) is 0 Å². The van der Waals surface area contributed by atoms with Gasteiger partial charge in [-0.3, -0.25) is 0 Å². The average Bonchev–Trinajstić information content (AvgIpc) is 0. The summed E-state index contributed by atoms with van der Waals surface area (Å²) in [6.45, 7) is 0. The number of rotatable bonds is 0. The van der Waals surface area contributed by atoms with E-state index in [1.54, 1.807) is 0 Å². The molecule has 0 saturated heterocycles. The first kappa shape index (κ1) is 34.7. The van der Waals surface area contributed by atoms with Gasteiger partial charge >= 0.3 is 0 Å². The summed E-state index contributed by atoms with van der Waals surface area (Å²) in [4.78, 5) is 0. The van der Waals surface area contributed by atoms with Crippen molar-refractivity contribution < 1.29 is 71.0 Å². The van der Waals surface area contributed by atoms with E-state index in [9.17, 15) is 0 Å². The fraction of sp³-hybridized carbons (Fsp3) is 0. The fourth-order valence-corrected chi connectivity index (χ4v) is 0. The zero-order chi connectivity index (χ0) is 0. The van der Waals surface area contributed by atoms with Crippen molar-refractivity contribution >= 4 is 0 Å². The van der Waals surface area contributed by atoms with Gasteiger partial charge in [0.25, 0.3) is 0 Å². The molecule has 0 unspecified atom stereocenters. The van der Waals surface area contributed by atoms with Gasteiger partial charge in [-0.15, -0.1) is 0 Å². The molecule has 0 atom stereocenters. The summed E-state index contributed by atoms with van der Waals surface area (Å²) in [6, 6.07) is 0. The third-order valence-corrected chi connectivity index (χ3v) is 0. The maximum Gasteiger partial charge on any atom is 0 e. The van der Waals surface area contributed by atoms with Crippen molar-refractivity contribution in [3.05, 3.63) is 0 Å². The molecule has 1 radical (unpaired) electrons. The van der Waals surface area contributed by atoms with Gasteiger partial charge in [-0.25, -0.2) is 0 Å². The molecule has 0 aliphatic carbocycles. The minimum atomic E-state index is 0. The zero-order valence-electron chi connectivity index (χ0n) is 1.77. The van der Waals surface area contributed by atoms with E-state index in [1.807, 2.05) is 0 Å². The first-order chi connectivity index (χ1) is 0. The van der Waals surface area contributed by atoms with Crippen molar-refractivity contribution in [1.82, 2.24) is 0 Å². The van der Waals surface area contributed by atoms with Crippen molar-refractivity contribution in [2.75, 3.05) is 0 Å². The summed E-state index contributed by atoms with van der Waals surface area (Å²) in [5.74, 6) is 0. The van der Waals surface area contributed by atoms with Crippen LogP contribution in [-0.2, 0) is 71.0 Å². The predicted molar refractivity (Wildman–Crippen MR) is 0 cm³/mol. The quantitative estimate of drug-likeness (QED) is 0.519. The van der Waals surface area contributed by atoms with E-state index >= 15 is 0 Å². The van der Waals surface area contributed by atoms with Crippen molar-refractivity contribution in [1.29, 1.82) is 0 Å². The summed E-state index contributed by atoms with van der Waals surface area (Å²) in [5, 5.41) is 0. The third-order valence-electron chi connectivity index (χ3n) is 0. The van der Waals surface area contributed by atoms with Crippen LogP contribution in [0.4, 0.5) is 0 Å². The van der Waals surface area contributed by atoms with Gasteiger partial charge in [-0.05, 0) is 0 Å². The molecule has 27 valence electrons. The Kier molecular flexibility index (Phi) is 165. The van der Waals surface area contributed by atoms with Crippen LogP contribution in [0.1, 0.15) is 0 Å². The molecule has 0 aliphatic heterocycles. The summed E-state index contributed by atoms with van der Waals surface area (Å²) >= 11 is 0. The Morgan fingerprint density at radius 1 is 1.00 bits per heavy atom. The molecule has 0 bridgehead atoms. The van der Waals surface area contributed by atoms with Crippen LogP contribution in [0, 0.1) is 0 Å². The molecule has 0 N–H and O–H groups in total. The average molecular weight is 237 g/mol. The Labute approximate surface area is 70.3 Å². The van der Waals surface area contributed by atoms with Gasteiger partial charge < -0.3 is 0 Å². The van der Waals surface area contributed by atoms with E-state index in [0.29, 0.717) is 0 Å². The van der Waals surface area contributed by atoms with Crippen LogP contribution < -0.4 is 0 Å². The monoisotopic (exact) mass is 235 g/mol. The van der Waals surface area contributed by atoms with Crippen LogP contribution >= 0.6 is 0 Å². The summed E-state index contributed by atoms with van der Waals surface area (Å²) in [7, 11) is 0. The van der Waals surface area contributed by atoms with E-state index in [1.165, 1.54) is 0 Å². The van der Waals surface area contributed by atoms with Crippen LogP contribution in [0.5, 0.6) is 0 Å². The Bertz CT molecular complexity index is 8.00. The topological polar surface area (TPSA) is 0 Å². The molecule has 0 aromatic heterocycles. The van der Waals surface area contributed by atoms with Gasteiger partial charge in [0.15, 0.2) is 0 Å². The minimum Gasteiger partial charge on any atom is 0 e. The normalized spacial score (nSPS) is 0. The van der Waals surface area contributed by atoms with Crippen LogP contribution in [0.25, 0.3) is 0 Å². The molecule has 0 heterocycles.